The molecule has 0 radical (unpaired) electrons. The fraction of sp³-hybridized carbons (Fsp3) is 0.548. The summed E-state index contributed by atoms with van der Waals surface area (Å²) < 4.78 is 28.2. The van der Waals surface area contributed by atoms with Gasteiger partial charge in [-0.3, -0.25) is 9.80 Å². The number of hydrogen-bond donors (Lipinski definition) is 4. The fourth-order valence-corrected chi connectivity index (χ4v) is 19.6. The SMILES string of the molecule is COC12C=CC3(CC1(C)C(O)c1ccc(-c4cc5c6c(c4O)OC4C7(OC)C=CC8(CC7(C)C(O)c7ccccc7)C(C5)N(CC5CC5)CCC648)cc1)C1Cc4ccc(O)c5c4C3(CCN1CC1CC1)C2O5. The summed E-state index contributed by atoms with van der Waals surface area (Å²) in [5.74, 6) is 2.96. The number of hydrogen-bond acceptors (Lipinski definition) is 10. The first kappa shape index (κ1) is 43.7. The molecule has 72 heavy (non-hydrogen) atoms. The molecule has 0 amide bonds. The number of piperidine rings is 2. The van der Waals surface area contributed by atoms with E-state index in [0.29, 0.717) is 17.9 Å². The number of nitrogens with zero attached hydrogens (tertiary/aromatic N) is 2. The summed E-state index contributed by atoms with van der Waals surface area (Å²) in [4.78, 5) is 5.54. The van der Waals surface area contributed by atoms with Gasteiger partial charge < -0.3 is 39.4 Å². The summed E-state index contributed by atoms with van der Waals surface area (Å²) in [5, 5.41) is 50.1. The Labute approximate surface area is 422 Å². The molecule has 4 saturated carbocycles. The van der Waals surface area contributed by atoms with Gasteiger partial charge in [0.1, 0.15) is 23.4 Å². The molecule has 0 aromatic heterocycles. The van der Waals surface area contributed by atoms with Crippen molar-refractivity contribution in [3.05, 3.63) is 130 Å². The average molecular weight is 969 g/mol. The molecule has 14 atom stereocenters. The molecule has 4 N–H and O–H groups in total. The minimum absolute atomic E-state index is 0.139. The standard InChI is InChI=1S/C62H68N2O8/c1-55(51(67)38-8-6-5-7-9-38)33-58-21-23-62(55,70-4)54-60(58)25-27-64(32-36-12-13-36)45(58)30-41-28-42(48(66)50(72-54)47(41)60)37-14-16-39(17-15-37)52(68)56(2)34-57-20-22-61(56,69-3)53-59(57)24-26-63(31-35-10-11-35)44(57)29-40-18-19-43(65)49(71-53)46(40)59/h5-9,14-23,28,35-36,44-45,51-54,65-68H,10-13,24-27,29-34H2,1-4H3. The van der Waals surface area contributed by atoms with E-state index in [9.17, 15) is 20.4 Å². The number of aromatic hydroxyl groups is 2. The Morgan fingerprint density at radius 1 is 0.625 bits per heavy atom. The van der Waals surface area contributed by atoms with Crippen LogP contribution in [0.1, 0.15) is 111 Å². The second-order valence-electron chi connectivity index (χ2n) is 25.6. The second-order valence-corrected chi connectivity index (χ2v) is 25.6. The number of phenols is 2. The van der Waals surface area contributed by atoms with E-state index < -0.39 is 51.9 Å². The molecule has 8 bridgehead atoms. The summed E-state index contributed by atoms with van der Waals surface area (Å²) in [6, 6.07) is 24.9. The van der Waals surface area contributed by atoms with Crippen LogP contribution in [-0.4, -0.2) is 106 Å². The summed E-state index contributed by atoms with van der Waals surface area (Å²) in [5.41, 5.74) is 3.04. The Bertz CT molecular complexity index is 3080. The Morgan fingerprint density at radius 3 is 1.68 bits per heavy atom. The molecule has 4 aromatic rings. The van der Waals surface area contributed by atoms with E-state index in [1.165, 1.54) is 42.4 Å². The highest BCUT2D eigenvalue weighted by atomic mass is 16.6. The minimum atomic E-state index is -0.992. The quantitative estimate of drug-likeness (QED) is 0.108. The largest absolute Gasteiger partial charge is 0.504 e. The van der Waals surface area contributed by atoms with E-state index >= 15 is 0 Å². The van der Waals surface area contributed by atoms with Crippen LogP contribution in [0.2, 0.25) is 0 Å². The van der Waals surface area contributed by atoms with Crippen LogP contribution in [0.3, 0.4) is 0 Å². The topological polar surface area (TPSA) is 124 Å². The number of benzene rings is 4. The van der Waals surface area contributed by atoms with Gasteiger partial charge in [-0.15, -0.1) is 0 Å². The number of rotatable bonds is 11. The van der Waals surface area contributed by atoms with Gasteiger partial charge in [0.05, 0.1) is 23.0 Å². The van der Waals surface area contributed by atoms with Crippen molar-refractivity contribution in [3.63, 3.8) is 0 Å². The molecule has 10 aliphatic carbocycles. The summed E-state index contributed by atoms with van der Waals surface area (Å²) in [7, 11) is 3.55. The van der Waals surface area contributed by atoms with Crippen molar-refractivity contribution in [1.29, 1.82) is 0 Å². The van der Waals surface area contributed by atoms with E-state index in [4.69, 9.17) is 18.9 Å². The molecule has 10 nitrogen and oxygen atoms in total. The van der Waals surface area contributed by atoms with Crippen LogP contribution < -0.4 is 9.47 Å². The second kappa shape index (κ2) is 13.8. The third kappa shape index (κ3) is 4.68. The average Bonchev–Trinajstić information content (AvgIpc) is 4.34. The molecule has 2 saturated heterocycles. The highest BCUT2D eigenvalue weighted by Crippen LogP contribution is 2.81. The Balaban J connectivity index is 0.789. The maximum atomic E-state index is 13.2. The number of ether oxygens (including phenoxy) is 4. The van der Waals surface area contributed by atoms with Crippen molar-refractivity contribution < 1.29 is 39.4 Å². The summed E-state index contributed by atoms with van der Waals surface area (Å²) in [6.45, 7) is 8.54. The molecule has 4 spiro atoms. The Kier molecular flexibility index (Phi) is 8.36. The zero-order chi connectivity index (χ0) is 48.7. The zero-order valence-corrected chi connectivity index (χ0v) is 42.1. The lowest BCUT2D eigenvalue weighted by Crippen LogP contribution is -2.81. The predicted octanol–water partition coefficient (Wildman–Crippen LogP) is 9.01. The van der Waals surface area contributed by atoms with Crippen molar-refractivity contribution in [2.75, 3.05) is 40.4 Å². The van der Waals surface area contributed by atoms with Crippen molar-refractivity contribution in [2.45, 2.75) is 137 Å². The first-order valence-corrected chi connectivity index (χ1v) is 27.4. The molecule has 10 heteroatoms. The van der Waals surface area contributed by atoms with Crippen molar-refractivity contribution in [2.24, 2.45) is 33.5 Å². The molecule has 6 fully saturated rings. The lowest BCUT2D eigenvalue weighted by atomic mass is 9.33. The molecule has 4 aromatic carbocycles. The van der Waals surface area contributed by atoms with E-state index in [0.717, 1.165) is 97.9 Å². The van der Waals surface area contributed by atoms with Gasteiger partial charge in [-0.1, -0.05) is 98.8 Å². The van der Waals surface area contributed by atoms with E-state index in [2.05, 4.69) is 72.2 Å². The summed E-state index contributed by atoms with van der Waals surface area (Å²) in [6.07, 6.45) is 16.9. The first-order chi connectivity index (χ1) is 34.8. The van der Waals surface area contributed by atoms with E-state index in [1.807, 2.05) is 48.5 Å². The highest BCUT2D eigenvalue weighted by Gasteiger charge is 2.84. The van der Waals surface area contributed by atoms with Crippen molar-refractivity contribution in [1.82, 2.24) is 9.80 Å². The maximum absolute atomic E-state index is 13.2. The molecule has 374 valence electrons. The predicted molar refractivity (Wildman–Crippen MR) is 271 cm³/mol. The first-order valence-electron chi connectivity index (χ1n) is 27.4. The number of fused-ring (bicyclic) bond motifs is 2. The third-order valence-corrected chi connectivity index (χ3v) is 23.0. The number of phenolic OH excluding ortho intramolecular Hbond substituents is 2. The molecule has 14 unspecified atom stereocenters. The number of aliphatic hydroxyl groups excluding tert-OH is 2. The Morgan fingerprint density at radius 2 is 1.14 bits per heavy atom. The van der Waals surface area contributed by atoms with E-state index in [1.54, 1.807) is 14.2 Å². The molecule has 4 aliphatic heterocycles. The zero-order valence-electron chi connectivity index (χ0n) is 42.1. The lowest BCUT2D eigenvalue weighted by molar-refractivity contribution is -0.270. The molecule has 4 heterocycles. The van der Waals surface area contributed by atoms with Crippen LogP contribution in [0.15, 0.2) is 97.1 Å². The van der Waals surface area contributed by atoms with Crippen LogP contribution >= 0.6 is 0 Å². The van der Waals surface area contributed by atoms with E-state index in [-0.39, 0.29) is 39.8 Å². The molecular formula is C62H68N2O8. The number of methoxy groups -OCH3 is 2. The smallest absolute Gasteiger partial charge is 0.166 e. The Hall–Kier alpha value is -4.68. The van der Waals surface area contributed by atoms with Crippen LogP contribution in [-0.2, 0) is 33.1 Å². The van der Waals surface area contributed by atoms with Gasteiger partial charge in [-0.2, -0.15) is 0 Å². The van der Waals surface area contributed by atoms with Crippen molar-refractivity contribution >= 4 is 0 Å². The molecule has 18 rings (SSSR count). The van der Waals surface area contributed by atoms with Gasteiger partial charge in [-0.05, 0) is 129 Å². The van der Waals surface area contributed by atoms with Crippen LogP contribution in [0.25, 0.3) is 11.1 Å². The number of likely N-dealkylation sites (tertiary alicyclic amines) is 2. The normalized spacial score (nSPS) is 42.5. The fourth-order valence-electron chi connectivity index (χ4n) is 19.6. The van der Waals surface area contributed by atoms with Gasteiger partial charge in [0, 0.05) is 77.7 Å². The minimum Gasteiger partial charge on any atom is -0.504 e. The number of aliphatic hydroxyl groups is 2. The van der Waals surface area contributed by atoms with Crippen LogP contribution in [0, 0.1) is 33.5 Å². The summed E-state index contributed by atoms with van der Waals surface area (Å²) >= 11 is 0. The van der Waals surface area contributed by atoms with Gasteiger partial charge in [-0.25, -0.2) is 0 Å². The lowest BCUT2D eigenvalue weighted by Gasteiger charge is -2.74. The van der Waals surface area contributed by atoms with Crippen molar-refractivity contribution in [3.8, 4) is 34.1 Å². The monoisotopic (exact) mass is 968 g/mol. The molecule has 14 aliphatic rings. The van der Waals surface area contributed by atoms with Crippen LogP contribution in [0.5, 0.6) is 23.0 Å². The van der Waals surface area contributed by atoms with Gasteiger partial charge in [0.25, 0.3) is 0 Å². The third-order valence-electron chi connectivity index (χ3n) is 23.0. The van der Waals surface area contributed by atoms with Crippen LogP contribution in [0.4, 0.5) is 0 Å². The molecular weight excluding hydrogens is 901 g/mol. The highest BCUT2D eigenvalue weighted by molar-refractivity contribution is 5.80. The van der Waals surface area contributed by atoms with Gasteiger partial charge in [0.2, 0.25) is 0 Å². The maximum Gasteiger partial charge on any atom is 0.166 e. The van der Waals surface area contributed by atoms with Gasteiger partial charge in [0.15, 0.2) is 23.0 Å². The van der Waals surface area contributed by atoms with Gasteiger partial charge >= 0.3 is 0 Å².